The SMILES string of the molecule is Cc1cc(C)n2nc(C(=O)OCC(=O)c3ccc4c(c3)OCCO4)nc2n1. The zero-order chi connectivity index (χ0) is 19.0. The van der Waals surface area contributed by atoms with E-state index in [-0.39, 0.29) is 11.6 Å². The summed E-state index contributed by atoms with van der Waals surface area (Å²) in [6, 6.07) is 6.65. The van der Waals surface area contributed by atoms with Gasteiger partial charge >= 0.3 is 5.97 Å². The molecule has 0 saturated heterocycles. The number of rotatable bonds is 4. The van der Waals surface area contributed by atoms with Gasteiger partial charge in [-0.2, -0.15) is 4.98 Å². The van der Waals surface area contributed by atoms with Crippen molar-refractivity contribution in [2.75, 3.05) is 19.8 Å². The standard InChI is InChI=1S/C18H16N4O5/c1-10-7-11(2)22-18(19-10)20-16(21-22)17(24)27-9-13(23)12-3-4-14-15(8-12)26-6-5-25-14/h3-4,7-8H,5-6,9H2,1-2H3. The third-order valence-corrected chi connectivity index (χ3v) is 4.00. The molecule has 3 aromatic rings. The summed E-state index contributed by atoms with van der Waals surface area (Å²) < 4.78 is 17.4. The van der Waals surface area contributed by atoms with Crippen LogP contribution in [0.15, 0.2) is 24.3 Å². The van der Waals surface area contributed by atoms with Crippen molar-refractivity contribution >= 4 is 17.5 Å². The first kappa shape index (κ1) is 17.0. The zero-order valence-electron chi connectivity index (χ0n) is 14.8. The van der Waals surface area contributed by atoms with E-state index >= 15 is 0 Å². The molecule has 0 bridgehead atoms. The van der Waals surface area contributed by atoms with Gasteiger partial charge < -0.3 is 14.2 Å². The van der Waals surface area contributed by atoms with Crippen LogP contribution in [0, 0.1) is 13.8 Å². The number of aromatic nitrogens is 4. The number of hydrogen-bond acceptors (Lipinski definition) is 8. The van der Waals surface area contributed by atoms with Gasteiger partial charge in [-0.15, -0.1) is 5.10 Å². The second kappa shape index (κ2) is 6.67. The molecule has 4 rings (SSSR count). The lowest BCUT2D eigenvalue weighted by Crippen LogP contribution is -2.18. The Balaban J connectivity index is 1.46. The molecule has 0 fully saturated rings. The van der Waals surface area contributed by atoms with E-state index in [0.29, 0.717) is 36.1 Å². The maximum atomic E-state index is 12.3. The highest BCUT2D eigenvalue weighted by atomic mass is 16.6. The first-order valence-electron chi connectivity index (χ1n) is 8.32. The number of hydrogen-bond donors (Lipinski definition) is 0. The molecule has 0 saturated carbocycles. The van der Waals surface area contributed by atoms with Crippen molar-refractivity contribution < 1.29 is 23.8 Å². The lowest BCUT2D eigenvalue weighted by Gasteiger charge is -2.18. The lowest BCUT2D eigenvalue weighted by molar-refractivity contribution is 0.0462. The molecule has 9 heteroatoms. The Kier molecular flexibility index (Phi) is 4.19. The average molecular weight is 368 g/mol. The van der Waals surface area contributed by atoms with Gasteiger partial charge in [0.25, 0.3) is 11.6 Å². The van der Waals surface area contributed by atoms with Crippen LogP contribution < -0.4 is 9.47 Å². The van der Waals surface area contributed by atoms with Crippen LogP contribution in [0.4, 0.5) is 0 Å². The lowest BCUT2D eigenvalue weighted by atomic mass is 10.1. The molecule has 3 heterocycles. The summed E-state index contributed by atoms with van der Waals surface area (Å²) in [6.45, 7) is 4.12. The van der Waals surface area contributed by atoms with Crippen LogP contribution in [-0.2, 0) is 4.74 Å². The predicted octanol–water partition coefficient (Wildman–Crippen LogP) is 1.55. The zero-order valence-corrected chi connectivity index (χ0v) is 14.8. The monoisotopic (exact) mass is 368 g/mol. The molecular formula is C18H16N4O5. The molecule has 0 unspecified atom stereocenters. The van der Waals surface area contributed by atoms with Crippen LogP contribution in [0.5, 0.6) is 11.5 Å². The summed E-state index contributed by atoms with van der Waals surface area (Å²) in [7, 11) is 0. The molecule has 1 aliphatic rings. The van der Waals surface area contributed by atoms with Gasteiger partial charge in [-0.25, -0.2) is 14.3 Å². The van der Waals surface area contributed by atoms with Gasteiger partial charge in [0, 0.05) is 17.0 Å². The van der Waals surface area contributed by atoms with E-state index in [9.17, 15) is 9.59 Å². The molecule has 0 N–H and O–H groups in total. The van der Waals surface area contributed by atoms with E-state index < -0.39 is 12.6 Å². The highest BCUT2D eigenvalue weighted by Gasteiger charge is 2.20. The van der Waals surface area contributed by atoms with Crippen LogP contribution in [-0.4, -0.2) is 51.2 Å². The minimum absolute atomic E-state index is 0.147. The van der Waals surface area contributed by atoms with Gasteiger partial charge in [-0.3, -0.25) is 4.79 Å². The third kappa shape index (κ3) is 3.31. The summed E-state index contributed by atoms with van der Waals surface area (Å²) in [5.74, 6) is 0.0840. The van der Waals surface area contributed by atoms with E-state index in [1.165, 1.54) is 4.52 Å². The van der Waals surface area contributed by atoms with Crippen LogP contribution in [0.3, 0.4) is 0 Å². The fourth-order valence-electron chi connectivity index (χ4n) is 2.75. The van der Waals surface area contributed by atoms with Crippen LogP contribution >= 0.6 is 0 Å². The molecule has 0 radical (unpaired) electrons. The van der Waals surface area contributed by atoms with Gasteiger partial charge in [-0.1, -0.05) is 0 Å². The Morgan fingerprint density at radius 1 is 1.11 bits per heavy atom. The minimum atomic E-state index is -0.788. The van der Waals surface area contributed by atoms with Gasteiger partial charge in [0.2, 0.25) is 0 Å². The van der Waals surface area contributed by atoms with Crippen molar-refractivity contribution in [1.82, 2.24) is 19.6 Å². The molecule has 27 heavy (non-hydrogen) atoms. The largest absolute Gasteiger partial charge is 0.486 e. The van der Waals surface area contributed by atoms with Crippen molar-refractivity contribution in [2.24, 2.45) is 0 Å². The molecule has 9 nitrogen and oxygen atoms in total. The molecule has 2 aromatic heterocycles. The summed E-state index contributed by atoms with van der Waals surface area (Å²) in [6.07, 6.45) is 0. The first-order chi connectivity index (χ1) is 13.0. The van der Waals surface area contributed by atoms with Crippen molar-refractivity contribution in [1.29, 1.82) is 0 Å². The molecular weight excluding hydrogens is 352 g/mol. The Bertz CT molecular complexity index is 1060. The van der Waals surface area contributed by atoms with Crippen molar-refractivity contribution in [2.45, 2.75) is 13.8 Å². The summed E-state index contributed by atoms with van der Waals surface area (Å²) >= 11 is 0. The molecule has 0 amide bonds. The number of carbonyl (C=O) groups excluding carboxylic acids is 2. The van der Waals surface area contributed by atoms with Crippen molar-refractivity contribution in [3.63, 3.8) is 0 Å². The number of ether oxygens (including phenoxy) is 3. The number of nitrogens with zero attached hydrogens (tertiary/aromatic N) is 4. The Morgan fingerprint density at radius 3 is 2.70 bits per heavy atom. The second-order valence-electron chi connectivity index (χ2n) is 6.04. The van der Waals surface area contributed by atoms with E-state index in [4.69, 9.17) is 14.2 Å². The maximum absolute atomic E-state index is 12.3. The quantitative estimate of drug-likeness (QED) is 0.505. The van der Waals surface area contributed by atoms with Gasteiger partial charge in [0.05, 0.1) is 0 Å². The van der Waals surface area contributed by atoms with Gasteiger partial charge in [-0.05, 0) is 38.1 Å². The molecule has 1 aliphatic heterocycles. The average Bonchev–Trinajstić information content (AvgIpc) is 3.10. The summed E-state index contributed by atoms with van der Waals surface area (Å²) in [5.41, 5.74) is 1.92. The van der Waals surface area contributed by atoms with Gasteiger partial charge in [0.1, 0.15) is 13.2 Å². The van der Waals surface area contributed by atoms with E-state index in [2.05, 4.69) is 15.1 Å². The number of carbonyl (C=O) groups is 2. The fraction of sp³-hybridized carbons (Fsp3) is 0.278. The van der Waals surface area contributed by atoms with Crippen LogP contribution in [0.2, 0.25) is 0 Å². The highest BCUT2D eigenvalue weighted by Crippen LogP contribution is 2.30. The van der Waals surface area contributed by atoms with Crippen molar-refractivity contribution in [3.8, 4) is 11.5 Å². The maximum Gasteiger partial charge on any atom is 0.378 e. The predicted molar refractivity (Wildman–Crippen MR) is 92.3 cm³/mol. The number of Topliss-reactive ketones (excluding diaryl/α,β-unsaturated/α-hetero) is 1. The number of fused-ring (bicyclic) bond motifs is 2. The van der Waals surface area contributed by atoms with Crippen molar-refractivity contribution in [3.05, 3.63) is 47.0 Å². The topological polar surface area (TPSA) is 105 Å². The normalized spacial score (nSPS) is 12.8. The molecule has 0 spiro atoms. The Morgan fingerprint density at radius 2 is 1.89 bits per heavy atom. The van der Waals surface area contributed by atoms with Gasteiger partial charge in [0.15, 0.2) is 23.9 Å². The summed E-state index contributed by atoms with van der Waals surface area (Å²) in [4.78, 5) is 32.8. The first-order valence-corrected chi connectivity index (χ1v) is 8.32. The smallest absolute Gasteiger partial charge is 0.378 e. The van der Waals surface area contributed by atoms with Crippen LogP contribution in [0.1, 0.15) is 32.4 Å². The van der Waals surface area contributed by atoms with Crippen LogP contribution in [0.25, 0.3) is 5.78 Å². The molecule has 138 valence electrons. The molecule has 0 aliphatic carbocycles. The number of ketones is 1. The fourth-order valence-corrected chi connectivity index (χ4v) is 2.75. The molecule has 0 atom stereocenters. The number of esters is 1. The van der Waals surface area contributed by atoms with E-state index in [0.717, 1.165) is 11.4 Å². The van der Waals surface area contributed by atoms with E-state index in [1.54, 1.807) is 18.2 Å². The highest BCUT2D eigenvalue weighted by molar-refractivity contribution is 5.99. The number of aryl methyl sites for hydroxylation is 2. The summed E-state index contributed by atoms with van der Waals surface area (Å²) in [5, 5.41) is 4.08. The third-order valence-electron chi connectivity index (χ3n) is 4.00. The Labute approximate surface area is 153 Å². The Hall–Kier alpha value is -3.49. The minimum Gasteiger partial charge on any atom is -0.486 e. The molecule has 1 aromatic carbocycles. The van der Waals surface area contributed by atoms with E-state index in [1.807, 2.05) is 19.9 Å². The second-order valence-corrected chi connectivity index (χ2v) is 6.04. The number of benzene rings is 1.